The predicted molar refractivity (Wildman–Crippen MR) is 172 cm³/mol. The van der Waals surface area contributed by atoms with E-state index in [0.29, 0.717) is 41.8 Å². The van der Waals surface area contributed by atoms with Crippen LogP contribution in [0.2, 0.25) is 0 Å². The van der Waals surface area contributed by atoms with Gasteiger partial charge in [0.1, 0.15) is 23.8 Å². The van der Waals surface area contributed by atoms with Crippen LogP contribution >= 0.6 is 0 Å². The number of aliphatic hydroxyl groups excluding tert-OH is 1. The molecule has 0 unspecified atom stereocenters. The summed E-state index contributed by atoms with van der Waals surface area (Å²) in [7, 11) is 1.00. The summed E-state index contributed by atoms with van der Waals surface area (Å²) < 4.78 is 11.1. The second-order valence-corrected chi connectivity index (χ2v) is 11.0. The van der Waals surface area contributed by atoms with Gasteiger partial charge in [-0.3, -0.25) is 10.1 Å². The van der Waals surface area contributed by atoms with Crippen LogP contribution in [0.25, 0.3) is 22.5 Å². The van der Waals surface area contributed by atoms with Crippen molar-refractivity contribution in [2.24, 2.45) is 0 Å². The number of benzene rings is 3. The minimum Gasteiger partial charge on any atom is -0.481 e. The van der Waals surface area contributed by atoms with E-state index in [-0.39, 0.29) is 12.8 Å². The van der Waals surface area contributed by atoms with Crippen molar-refractivity contribution in [1.82, 2.24) is 10.6 Å². The van der Waals surface area contributed by atoms with Gasteiger partial charge in [0.25, 0.3) is 0 Å². The summed E-state index contributed by atoms with van der Waals surface area (Å²) in [6.07, 6.45) is 0.468. The molecule has 2 atom stereocenters. The lowest BCUT2D eigenvalue weighted by Crippen LogP contribution is -2.37. The smallest absolute Gasteiger partial charge is 0.412 e. The third kappa shape index (κ3) is 8.48. The number of amides is 1. The van der Waals surface area contributed by atoms with Crippen LogP contribution in [0.5, 0.6) is 0 Å². The summed E-state index contributed by atoms with van der Waals surface area (Å²) >= 11 is 0. The molecule has 0 aliphatic heterocycles. The number of aldehydes is 1. The van der Waals surface area contributed by atoms with Crippen molar-refractivity contribution in [2.75, 3.05) is 12.4 Å². The molecule has 0 bridgehead atoms. The molecule has 4 N–H and O–H groups in total. The van der Waals surface area contributed by atoms with E-state index in [1.165, 1.54) is 0 Å². The molecule has 12 heteroatoms. The van der Waals surface area contributed by atoms with Crippen molar-refractivity contribution >= 4 is 30.0 Å². The van der Waals surface area contributed by atoms with Gasteiger partial charge in [-0.2, -0.15) is 0 Å². The van der Waals surface area contributed by atoms with E-state index in [2.05, 4.69) is 16.0 Å². The molecule has 1 aliphatic carbocycles. The average molecular weight is 644 g/mol. The number of nitrogens with zero attached hydrogens (tertiary/aromatic N) is 1. The van der Waals surface area contributed by atoms with Gasteiger partial charge in [0.05, 0.1) is 11.5 Å². The largest absolute Gasteiger partial charge is 0.481 e. The zero-order chi connectivity index (χ0) is 34.0. The highest BCUT2D eigenvalue weighted by Gasteiger charge is 2.53. The fourth-order valence-electron chi connectivity index (χ4n) is 4.99. The number of aryl methyl sites for hydroxylation is 1. The Balaban J connectivity index is 0.00000245. The fourth-order valence-corrected chi connectivity index (χ4v) is 4.99. The van der Waals surface area contributed by atoms with Crippen LogP contribution in [0.3, 0.4) is 0 Å². The number of hydroxylamine groups is 1. The monoisotopic (exact) mass is 643 g/mol. The molecule has 0 spiro atoms. The van der Waals surface area contributed by atoms with E-state index in [4.69, 9.17) is 24.3 Å². The number of rotatable bonds is 13. The highest BCUT2D eigenvalue weighted by molar-refractivity contribution is 5.91. The maximum Gasteiger partial charge on any atom is 0.412 e. The van der Waals surface area contributed by atoms with Gasteiger partial charge in [-0.25, -0.2) is 9.59 Å². The highest BCUT2D eigenvalue weighted by Crippen LogP contribution is 2.49. The second-order valence-electron chi connectivity index (χ2n) is 11.0. The Bertz CT molecular complexity index is 1660. The fraction of sp³-hybridized carbons (Fsp3) is 0.286. The first-order valence-electron chi connectivity index (χ1n) is 15.0. The van der Waals surface area contributed by atoms with E-state index in [1.807, 2.05) is 78.9 Å². The normalized spacial score (nSPS) is 14.0. The zero-order valence-electron chi connectivity index (χ0n) is 26.3. The maximum absolute atomic E-state index is 12.9. The lowest BCUT2D eigenvalue weighted by molar-refractivity contribution is -0.156. The van der Waals surface area contributed by atoms with E-state index in [1.54, 1.807) is 13.8 Å². The van der Waals surface area contributed by atoms with Gasteiger partial charge in [0.15, 0.2) is 5.76 Å². The summed E-state index contributed by atoms with van der Waals surface area (Å²) in [5, 5.41) is 22.6. The van der Waals surface area contributed by atoms with E-state index in [0.717, 1.165) is 29.4 Å². The number of carboxylic acids is 1. The number of carbonyl (C=O) groups excluding carboxylic acids is 3. The van der Waals surface area contributed by atoms with Crippen LogP contribution in [-0.2, 0) is 29.4 Å². The number of carboxylic acid groups (broad SMARTS) is 1. The number of hydrogen-bond acceptors (Lipinski definition) is 10. The number of ether oxygens (including phenoxy) is 1. The van der Waals surface area contributed by atoms with Gasteiger partial charge in [-0.05, 0) is 55.4 Å². The summed E-state index contributed by atoms with van der Waals surface area (Å²) in [4.78, 5) is 52.7. The molecule has 1 fully saturated rings. The van der Waals surface area contributed by atoms with Crippen LogP contribution in [0, 0.1) is 6.92 Å². The molecular weight excluding hydrogens is 606 g/mol. The average Bonchev–Trinajstić information content (AvgIpc) is 3.84. The third-order valence-corrected chi connectivity index (χ3v) is 7.84. The Morgan fingerprint density at radius 1 is 0.957 bits per heavy atom. The lowest BCUT2D eigenvalue weighted by Gasteiger charge is -2.17. The SMILES string of the molecule is CO.Cc1noc(-c2ccc(-c3ccc(C4(C(=O)ON[C@H](C=O)CCC(=O)O)CC4)cc3)cc2)c1NC(=O)O[C@H](C)c1ccccc1. The van der Waals surface area contributed by atoms with Gasteiger partial charge in [-0.1, -0.05) is 84.0 Å². The van der Waals surface area contributed by atoms with E-state index < -0.39 is 35.6 Å². The van der Waals surface area contributed by atoms with Crippen LogP contribution in [0.1, 0.15) is 55.5 Å². The lowest BCUT2D eigenvalue weighted by atomic mass is 9.93. The summed E-state index contributed by atoms with van der Waals surface area (Å²) in [5.41, 5.74) is 6.77. The van der Waals surface area contributed by atoms with Crippen LogP contribution in [0.4, 0.5) is 10.5 Å². The number of aromatic nitrogens is 1. The first-order chi connectivity index (χ1) is 22.7. The Morgan fingerprint density at radius 2 is 1.55 bits per heavy atom. The Kier molecular flexibility index (Phi) is 11.6. The molecule has 1 heterocycles. The first-order valence-corrected chi connectivity index (χ1v) is 15.0. The Morgan fingerprint density at radius 3 is 2.13 bits per heavy atom. The predicted octanol–water partition coefficient (Wildman–Crippen LogP) is 5.75. The molecule has 0 saturated heterocycles. The molecule has 246 valence electrons. The molecule has 1 saturated carbocycles. The first kappa shape index (κ1) is 34.5. The number of nitrogens with one attached hydrogen (secondary N) is 2. The van der Waals surface area contributed by atoms with Crippen molar-refractivity contribution in [3.63, 3.8) is 0 Å². The topological polar surface area (TPSA) is 177 Å². The number of aliphatic hydroxyl groups is 1. The molecule has 1 aliphatic rings. The molecule has 12 nitrogen and oxygen atoms in total. The molecule has 47 heavy (non-hydrogen) atoms. The summed E-state index contributed by atoms with van der Waals surface area (Å²) in [6.45, 7) is 3.53. The molecule has 5 rings (SSSR count). The van der Waals surface area contributed by atoms with Gasteiger partial charge >= 0.3 is 18.0 Å². The number of anilines is 1. The Hall–Kier alpha value is -5.33. The van der Waals surface area contributed by atoms with Crippen molar-refractivity contribution in [3.8, 4) is 22.5 Å². The summed E-state index contributed by atoms with van der Waals surface area (Å²) in [5.74, 6) is -1.14. The van der Waals surface area contributed by atoms with Gasteiger partial charge < -0.3 is 29.1 Å². The molecule has 3 aromatic carbocycles. The van der Waals surface area contributed by atoms with Gasteiger partial charge in [0.2, 0.25) is 0 Å². The third-order valence-electron chi connectivity index (χ3n) is 7.84. The minimum atomic E-state index is -1.04. The maximum atomic E-state index is 12.9. The van der Waals surface area contributed by atoms with Crippen LogP contribution in [-0.4, -0.2) is 52.8 Å². The Labute approximate surface area is 271 Å². The molecule has 1 amide bonds. The van der Waals surface area contributed by atoms with E-state index in [9.17, 15) is 19.2 Å². The van der Waals surface area contributed by atoms with Crippen molar-refractivity contribution in [1.29, 1.82) is 0 Å². The number of aliphatic carboxylic acids is 1. The standard InChI is InChI=1S/C34H33N3O8.CH4O/c1-21-30(35-33(42)43-22(2)23-6-4-3-5-7-23)31(44-36-21)26-10-8-24(9-11-26)25-12-14-27(15-13-25)34(18-19-34)32(41)45-37-28(20-38)16-17-29(39)40;1-2/h3-15,20,22,28,37H,16-19H2,1-2H3,(H,35,42)(H,39,40);2H,1H3/t22-,28+;/m1./s1. The number of carbonyl (C=O) groups is 4. The van der Waals surface area contributed by atoms with Crippen LogP contribution in [0.15, 0.2) is 83.4 Å². The molecular formula is C35H37N3O9. The highest BCUT2D eigenvalue weighted by atomic mass is 16.7. The van der Waals surface area contributed by atoms with Gasteiger partial charge in [-0.15, -0.1) is 5.48 Å². The van der Waals surface area contributed by atoms with E-state index >= 15 is 0 Å². The van der Waals surface area contributed by atoms with Gasteiger partial charge in [0, 0.05) is 19.1 Å². The van der Waals surface area contributed by atoms with Crippen molar-refractivity contribution < 1.29 is 43.5 Å². The van der Waals surface area contributed by atoms with Crippen molar-refractivity contribution in [2.45, 2.75) is 57.1 Å². The van der Waals surface area contributed by atoms with Crippen molar-refractivity contribution in [3.05, 3.63) is 95.7 Å². The van der Waals surface area contributed by atoms with Crippen LogP contribution < -0.4 is 10.8 Å². The zero-order valence-corrected chi connectivity index (χ0v) is 26.3. The minimum absolute atomic E-state index is 0.0149. The second kappa shape index (κ2) is 15.8. The quantitative estimate of drug-likeness (QED) is 0.103. The molecule has 4 aromatic rings. The number of hydrogen-bond donors (Lipinski definition) is 4. The molecule has 1 aromatic heterocycles. The molecule has 0 radical (unpaired) electrons. The summed E-state index contributed by atoms with van der Waals surface area (Å²) in [6, 6.07) is 23.7.